The maximum absolute atomic E-state index is 13.9. The first kappa shape index (κ1) is 27.1. The summed E-state index contributed by atoms with van der Waals surface area (Å²) in [6.45, 7) is 5.73. The van der Waals surface area contributed by atoms with Gasteiger partial charge in [0.15, 0.2) is 0 Å². The van der Waals surface area contributed by atoms with Crippen molar-refractivity contribution in [2.75, 3.05) is 30.3 Å². The number of likely N-dealkylation sites (tertiary alicyclic amines) is 1. The van der Waals surface area contributed by atoms with Crippen LogP contribution in [0.2, 0.25) is 5.02 Å². The molecule has 2 aromatic carbocycles. The first-order valence-corrected chi connectivity index (χ1v) is 15.9. The lowest BCUT2D eigenvalue weighted by molar-refractivity contribution is -0.132. The van der Waals surface area contributed by atoms with E-state index in [1.807, 2.05) is 65.0 Å². The predicted octanol–water partition coefficient (Wildman–Crippen LogP) is 6.99. The summed E-state index contributed by atoms with van der Waals surface area (Å²) < 4.78 is 1.85. The topological polar surface area (TPSA) is 58.4 Å². The van der Waals surface area contributed by atoms with Crippen LogP contribution in [0.25, 0.3) is 16.9 Å². The van der Waals surface area contributed by atoms with Crippen molar-refractivity contribution in [1.82, 2.24) is 14.7 Å². The Balaban J connectivity index is 1.54. The minimum absolute atomic E-state index is 0.00521. The van der Waals surface area contributed by atoms with Crippen LogP contribution in [0.1, 0.15) is 41.7 Å². The summed E-state index contributed by atoms with van der Waals surface area (Å²) in [5.41, 5.74) is 5.75. The number of hydrogen-bond acceptors (Lipinski definition) is 5. The molecule has 2 amide bonds. The van der Waals surface area contributed by atoms with E-state index in [0.29, 0.717) is 16.8 Å². The maximum atomic E-state index is 13.9. The lowest BCUT2D eigenvalue weighted by Gasteiger charge is -2.32. The summed E-state index contributed by atoms with van der Waals surface area (Å²) >= 11 is 9.48. The third-order valence-electron chi connectivity index (χ3n) is 7.76. The van der Waals surface area contributed by atoms with Crippen LogP contribution in [0.15, 0.2) is 65.4 Å². The Kier molecular flexibility index (Phi) is 7.75. The van der Waals surface area contributed by atoms with Crippen molar-refractivity contribution in [3.8, 4) is 16.9 Å². The lowest BCUT2D eigenvalue weighted by atomic mass is 9.99. The fraction of sp³-hybridized carbons (Fsp3) is 0.323. The molecular formula is C31H31ClN4O2S2. The number of nitrogens with zero attached hydrogens (tertiary/aromatic N) is 4. The number of fused-ring (bicyclic) bond motifs is 1. The van der Waals surface area contributed by atoms with E-state index in [4.69, 9.17) is 16.7 Å². The molecule has 2 aliphatic heterocycles. The summed E-state index contributed by atoms with van der Waals surface area (Å²) in [7, 11) is 0. The van der Waals surface area contributed by atoms with Crippen LogP contribution in [-0.4, -0.2) is 51.9 Å². The van der Waals surface area contributed by atoms with Crippen molar-refractivity contribution in [3.05, 3.63) is 87.1 Å². The van der Waals surface area contributed by atoms with Gasteiger partial charge in [-0.05, 0) is 72.3 Å². The molecule has 0 N–H and O–H groups in total. The number of rotatable bonds is 5. The van der Waals surface area contributed by atoms with E-state index < -0.39 is 0 Å². The SMILES string of the molecule is Cc1ccc(-n2nc(-c3ccc(Cl)cc3)c3c2N(CC(=O)N2CCC(C)CC2)C(=O)CS[C@@H]3c2ccsc2)cc1. The van der Waals surface area contributed by atoms with Crippen LogP contribution in [0.3, 0.4) is 0 Å². The average Bonchev–Trinajstić information content (AvgIpc) is 3.60. The fourth-order valence-corrected chi connectivity index (χ4v) is 7.47. The predicted molar refractivity (Wildman–Crippen MR) is 165 cm³/mol. The van der Waals surface area contributed by atoms with Gasteiger partial charge in [-0.15, -0.1) is 11.8 Å². The molecule has 0 unspecified atom stereocenters. The Labute approximate surface area is 247 Å². The Morgan fingerprint density at radius 2 is 1.77 bits per heavy atom. The number of halogens is 1. The summed E-state index contributed by atoms with van der Waals surface area (Å²) in [6, 6.07) is 17.9. The molecule has 6 nitrogen and oxygen atoms in total. The van der Waals surface area contributed by atoms with Crippen molar-refractivity contribution in [2.24, 2.45) is 5.92 Å². The van der Waals surface area contributed by atoms with E-state index in [1.54, 1.807) is 28.0 Å². The standard InChI is InChI=1S/C31H31ClN4O2S2/c1-20-3-9-25(10-4-20)36-31-28(29(33-36)22-5-7-24(32)8-6-22)30(23-13-16-39-18-23)40-19-27(38)35(31)17-26(37)34-14-11-21(2)12-15-34/h3-10,13,16,18,21,30H,11-12,14-15,17,19H2,1-2H3/t30-/m1/s1. The number of hydrogen-bond donors (Lipinski definition) is 0. The zero-order chi connectivity index (χ0) is 27.8. The molecular weight excluding hydrogens is 560 g/mol. The van der Waals surface area contributed by atoms with E-state index in [2.05, 4.69) is 23.8 Å². The fourth-order valence-electron chi connectivity index (χ4n) is 5.39. The van der Waals surface area contributed by atoms with Gasteiger partial charge in [0.25, 0.3) is 0 Å². The monoisotopic (exact) mass is 590 g/mol. The molecule has 1 fully saturated rings. The Morgan fingerprint density at radius 3 is 2.45 bits per heavy atom. The van der Waals surface area contributed by atoms with Crippen molar-refractivity contribution >= 4 is 52.3 Å². The quantitative estimate of drug-likeness (QED) is 0.251. The normalized spacial score (nSPS) is 18.1. The summed E-state index contributed by atoms with van der Waals surface area (Å²) in [6.07, 6.45) is 1.98. The first-order chi connectivity index (χ1) is 19.4. The Bertz CT molecular complexity index is 1510. The lowest BCUT2D eigenvalue weighted by Crippen LogP contribution is -2.46. The molecule has 0 spiro atoms. The summed E-state index contributed by atoms with van der Waals surface area (Å²) in [5, 5.41) is 9.88. The number of carbonyl (C=O) groups excluding carboxylic acids is 2. The van der Waals surface area contributed by atoms with Gasteiger partial charge in [0.05, 0.1) is 22.4 Å². The molecule has 0 saturated carbocycles. The minimum atomic E-state index is -0.119. The summed E-state index contributed by atoms with van der Waals surface area (Å²) in [4.78, 5) is 31.1. The molecule has 0 radical (unpaired) electrons. The molecule has 40 heavy (non-hydrogen) atoms. The molecule has 2 aliphatic rings. The van der Waals surface area contributed by atoms with Crippen molar-refractivity contribution in [1.29, 1.82) is 0 Å². The number of amides is 2. The smallest absolute Gasteiger partial charge is 0.242 e. The number of aromatic nitrogens is 2. The van der Waals surface area contributed by atoms with Crippen molar-refractivity contribution < 1.29 is 9.59 Å². The van der Waals surface area contributed by atoms with Gasteiger partial charge in [-0.1, -0.05) is 48.4 Å². The second-order valence-corrected chi connectivity index (χ2v) is 12.9. The van der Waals surface area contributed by atoms with Gasteiger partial charge in [0.1, 0.15) is 12.4 Å². The highest BCUT2D eigenvalue weighted by Crippen LogP contribution is 2.49. The van der Waals surface area contributed by atoms with Gasteiger partial charge in [-0.2, -0.15) is 16.4 Å². The van der Waals surface area contributed by atoms with Crippen LogP contribution in [0.5, 0.6) is 0 Å². The third kappa shape index (κ3) is 5.32. The number of benzene rings is 2. The summed E-state index contributed by atoms with van der Waals surface area (Å²) in [5.74, 6) is 1.45. The molecule has 4 heterocycles. The Hall–Kier alpha value is -3.07. The number of thioether (sulfide) groups is 1. The molecule has 0 bridgehead atoms. The number of thiophene rings is 1. The average molecular weight is 591 g/mol. The molecule has 0 aliphatic carbocycles. The van der Waals surface area contributed by atoms with Gasteiger partial charge >= 0.3 is 0 Å². The molecule has 2 aromatic heterocycles. The highest BCUT2D eigenvalue weighted by atomic mass is 35.5. The van der Waals surface area contributed by atoms with Gasteiger partial charge in [-0.3, -0.25) is 14.5 Å². The number of anilines is 1. The second-order valence-electron chi connectivity index (χ2n) is 10.6. The number of piperidine rings is 1. The van der Waals surface area contributed by atoms with E-state index in [-0.39, 0.29) is 29.4 Å². The highest BCUT2D eigenvalue weighted by Gasteiger charge is 2.38. The van der Waals surface area contributed by atoms with E-state index in [1.165, 1.54) is 0 Å². The van der Waals surface area contributed by atoms with Crippen molar-refractivity contribution in [2.45, 2.75) is 31.9 Å². The van der Waals surface area contributed by atoms with E-state index in [0.717, 1.165) is 59.6 Å². The zero-order valence-electron chi connectivity index (χ0n) is 22.5. The largest absolute Gasteiger partial charge is 0.341 e. The molecule has 1 saturated heterocycles. The van der Waals surface area contributed by atoms with Crippen LogP contribution in [0, 0.1) is 12.8 Å². The van der Waals surface area contributed by atoms with Gasteiger partial charge in [0, 0.05) is 29.2 Å². The van der Waals surface area contributed by atoms with Crippen molar-refractivity contribution in [3.63, 3.8) is 0 Å². The van der Waals surface area contributed by atoms with Crippen LogP contribution in [-0.2, 0) is 9.59 Å². The molecule has 9 heteroatoms. The van der Waals surface area contributed by atoms with Crippen LogP contribution < -0.4 is 4.90 Å². The minimum Gasteiger partial charge on any atom is -0.341 e. The third-order valence-corrected chi connectivity index (χ3v) is 9.97. The zero-order valence-corrected chi connectivity index (χ0v) is 24.9. The molecule has 206 valence electrons. The highest BCUT2D eigenvalue weighted by molar-refractivity contribution is 8.00. The van der Waals surface area contributed by atoms with Crippen LogP contribution in [0.4, 0.5) is 5.82 Å². The van der Waals surface area contributed by atoms with Gasteiger partial charge < -0.3 is 4.90 Å². The second kappa shape index (κ2) is 11.4. The van der Waals surface area contributed by atoms with Gasteiger partial charge in [0.2, 0.25) is 11.8 Å². The number of aryl methyl sites for hydroxylation is 1. The molecule has 1 atom stereocenters. The van der Waals surface area contributed by atoms with Gasteiger partial charge in [-0.25, -0.2) is 4.68 Å². The first-order valence-electron chi connectivity index (χ1n) is 13.6. The maximum Gasteiger partial charge on any atom is 0.242 e. The van der Waals surface area contributed by atoms with E-state index >= 15 is 0 Å². The number of carbonyl (C=O) groups is 2. The molecule has 6 rings (SSSR count). The molecule has 4 aromatic rings. The van der Waals surface area contributed by atoms with Crippen LogP contribution >= 0.6 is 34.7 Å². The Morgan fingerprint density at radius 1 is 1.05 bits per heavy atom. The van der Waals surface area contributed by atoms with E-state index in [9.17, 15) is 9.59 Å².